The summed E-state index contributed by atoms with van der Waals surface area (Å²) in [4.78, 5) is 17.4. The number of rotatable bonds is 5. The van der Waals surface area contributed by atoms with Crippen LogP contribution in [-0.4, -0.2) is 20.1 Å². The second-order valence-electron chi connectivity index (χ2n) is 10.0. The molecule has 1 aliphatic carbocycles. The Labute approximate surface area is 204 Å². The molecule has 1 saturated carbocycles. The number of nitrogens with zero attached hydrogens (tertiary/aromatic N) is 3. The Kier molecular flexibility index (Phi) is 7.60. The van der Waals surface area contributed by atoms with Crippen LogP contribution in [0.3, 0.4) is 0 Å². The lowest BCUT2D eigenvalue weighted by atomic mass is 9.87. The van der Waals surface area contributed by atoms with Crippen molar-refractivity contribution in [1.82, 2.24) is 14.1 Å². The van der Waals surface area contributed by atoms with Gasteiger partial charge in [-0.1, -0.05) is 38.5 Å². The fourth-order valence-corrected chi connectivity index (χ4v) is 5.56. The minimum absolute atomic E-state index is 0.216. The third-order valence-corrected chi connectivity index (χ3v) is 7.27. The smallest absolute Gasteiger partial charge is 0.303 e. The lowest BCUT2D eigenvalue weighted by Gasteiger charge is -2.28. The Hall–Kier alpha value is -2.82. The molecule has 0 radical (unpaired) electrons. The molecule has 0 aromatic carbocycles. The van der Waals surface area contributed by atoms with Crippen molar-refractivity contribution in [2.75, 3.05) is 0 Å². The summed E-state index contributed by atoms with van der Waals surface area (Å²) >= 11 is 0. The largest absolute Gasteiger partial charge is 0.457 e. The molecule has 5 heteroatoms. The van der Waals surface area contributed by atoms with E-state index >= 15 is 0 Å². The summed E-state index contributed by atoms with van der Waals surface area (Å²) in [6.45, 7) is 9.96. The Morgan fingerprint density at radius 2 is 1.21 bits per heavy atom. The van der Waals surface area contributed by atoms with Crippen LogP contribution in [0.2, 0.25) is 0 Å². The topological polar surface area (TPSA) is 49.1 Å². The fraction of sp³-hybridized carbons (Fsp3) is 0.517. The van der Waals surface area contributed by atoms with Crippen LogP contribution in [0.15, 0.2) is 36.4 Å². The van der Waals surface area contributed by atoms with Gasteiger partial charge < -0.3 is 13.9 Å². The van der Waals surface area contributed by atoms with Crippen LogP contribution in [0.25, 0.3) is 11.6 Å². The van der Waals surface area contributed by atoms with Crippen LogP contribution in [0.1, 0.15) is 92.7 Å². The second-order valence-corrected chi connectivity index (χ2v) is 10.0. The average molecular weight is 462 g/mol. The van der Waals surface area contributed by atoms with Crippen molar-refractivity contribution in [2.45, 2.75) is 92.1 Å². The standard InChI is InChI=1S/C29H39N3O2/c1-20-14-15-21(2)31(20)27-18-26(19-28(30-27)32-22(3)16-17-23(32)4)29(34-24(5)33)25-12-10-8-6-7-9-11-13-25/h14-19,25,29H,6-13H2,1-5H3. The van der Waals surface area contributed by atoms with E-state index in [9.17, 15) is 4.79 Å². The number of hydrogen-bond donors (Lipinski definition) is 0. The summed E-state index contributed by atoms with van der Waals surface area (Å²) in [5, 5.41) is 0. The minimum Gasteiger partial charge on any atom is -0.457 e. The molecular formula is C29H39N3O2. The maximum Gasteiger partial charge on any atom is 0.303 e. The summed E-state index contributed by atoms with van der Waals surface area (Å²) < 4.78 is 10.5. The molecule has 0 bridgehead atoms. The highest BCUT2D eigenvalue weighted by Crippen LogP contribution is 2.37. The monoisotopic (exact) mass is 461 g/mol. The van der Waals surface area contributed by atoms with E-state index < -0.39 is 0 Å². The van der Waals surface area contributed by atoms with Crippen molar-refractivity contribution in [1.29, 1.82) is 0 Å². The van der Waals surface area contributed by atoms with Crippen LogP contribution in [0.4, 0.5) is 0 Å². The molecule has 3 aromatic rings. The van der Waals surface area contributed by atoms with Crippen LogP contribution < -0.4 is 0 Å². The average Bonchev–Trinajstić information content (AvgIpc) is 3.35. The number of hydrogen-bond acceptors (Lipinski definition) is 3. The van der Waals surface area contributed by atoms with Crippen molar-refractivity contribution < 1.29 is 9.53 Å². The minimum atomic E-state index is -0.261. The van der Waals surface area contributed by atoms with Crippen LogP contribution in [-0.2, 0) is 9.53 Å². The molecule has 182 valence electrons. The maximum atomic E-state index is 12.3. The van der Waals surface area contributed by atoms with Crippen LogP contribution >= 0.6 is 0 Å². The first-order valence-electron chi connectivity index (χ1n) is 12.8. The van der Waals surface area contributed by atoms with E-state index in [2.05, 4.69) is 73.2 Å². The van der Waals surface area contributed by atoms with Crippen molar-refractivity contribution in [3.8, 4) is 11.6 Å². The molecule has 3 aromatic heterocycles. The summed E-state index contributed by atoms with van der Waals surface area (Å²) in [6, 6.07) is 12.8. The molecule has 0 amide bonds. The number of carbonyl (C=O) groups is 1. The molecule has 1 atom stereocenters. The molecule has 1 fully saturated rings. The zero-order chi connectivity index (χ0) is 24.2. The Morgan fingerprint density at radius 3 is 1.62 bits per heavy atom. The number of ether oxygens (including phenoxy) is 1. The van der Waals surface area contributed by atoms with Crippen LogP contribution in [0, 0.1) is 33.6 Å². The van der Waals surface area contributed by atoms with Gasteiger partial charge in [-0.05, 0) is 76.9 Å². The number of aryl methyl sites for hydroxylation is 4. The number of esters is 1. The Morgan fingerprint density at radius 1 is 0.794 bits per heavy atom. The highest BCUT2D eigenvalue weighted by atomic mass is 16.5. The molecule has 1 unspecified atom stereocenters. The molecule has 0 aliphatic heterocycles. The van der Waals surface area contributed by atoms with E-state index in [0.717, 1.165) is 52.8 Å². The quantitative estimate of drug-likeness (QED) is 0.376. The van der Waals surface area contributed by atoms with Gasteiger partial charge in [-0.3, -0.25) is 4.79 Å². The maximum absolute atomic E-state index is 12.3. The van der Waals surface area contributed by atoms with Crippen molar-refractivity contribution >= 4 is 5.97 Å². The van der Waals surface area contributed by atoms with Gasteiger partial charge in [0.15, 0.2) is 0 Å². The van der Waals surface area contributed by atoms with E-state index in [-0.39, 0.29) is 12.1 Å². The third kappa shape index (κ3) is 5.29. The predicted octanol–water partition coefficient (Wildman–Crippen LogP) is 7.25. The highest BCUT2D eigenvalue weighted by Gasteiger charge is 2.28. The molecule has 0 N–H and O–H groups in total. The van der Waals surface area contributed by atoms with Gasteiger partial charge in [-0.2, -0.15) is 0 Å². The first-order chi connectivity index (χ1) is 16.3. The molecule has 5 nitrogen and oxygen atoms in total. The lowest BCUT2D eigenvalue weighted by Crippen LogP contribution is -2.20. The van der Waals surface area contributed by atoms with E-state index in [4.69, 9.17) is 9.72 Å². The van der Waals surface area contributed by atoms with E-state index in [1.807, 2.05) is 0 Å². The zero-order valence-corrected chi connectivity index (χ0v) is 21.4. The summed E-state index contributed by atoms with van der Waals surface area (Å²) in [7, 11) is 0. The first kappa shape index (κ1) is 24.3. The number of pyridine rings is 1. The normalized spacial score (nSPS) is 16.5. The van der Waals surface area contributed by atoms with Crippen LogP contribution in [0.5, 0.6) is 0 Å². The van der Waals surface area contributed by atoms with Gasteiger partial charge in [0.25, 0.3) is 0 Å². The molecule has 3 heterocycles. The van der Waals surface area contributed by atoms with E-state index in [1.165, 1.54) is 45.4 Å². The van der Waals surface area contributed by atoms with Gasteiger partial charge in [-0.25, -0.2) is 4.98 Å². The van der Waals surface area contributed by atoms with Gasteiger partial charge >= 0.3 is 5.97 Å². The van der Waals surface area contributed by atoms with Crippen molar-refractivity contribution in [2.24, 2.45) is 5.92 Å². The summed E-state index contributed by atoms with van der Waals surface area (Å²) in [5.74, 6) is 1.86. The molecular weight excluding hydrogens is 422 g/mol. The summed E-state index contributed by atoms with van der Waals surface area (Å²) in [5.41, 5.74) is 5.60. The van der Waals surface area contributed by atoms with E-state index in [1.54, 1.807) is 0 Å². The van der Waals surface area contributed by atoms with Gasteiger partial charge in [0.2, 0.25) is 0 Å². The SMILES string of the molecule is CC(=O)OC(c1cc(-n2c(C)ccc2C)nc(-n2c(C)ccc2C)c1)C1CCCCCCCC1. The summed E-state index contributed by atoms with van der Waals surface area (Å²) in [6.07, 6.45) is 9.46. The van der Waals surface area contributed by atoms with Gasteiger partial charge in [0.05, 0.1) is 0 Å². The molecule has 0 spiro atoms. The van der Waals surface area contributed by atoms with Gasteiger partial charge in [0, 0.05) is 41.2 Å². The molecule has 34 heavy (non-hydrogen) atoms. The van der Waals surface area contributed by atoms with Gasteiger partial charge in [0.1, 0.15) is 17.7 Å². The van der Waals surface area contributed by atoms with Crippen molar-refractivity contribution in [3.05, 3.63) is 64.7 Å². The second kappa shape index (κ2) is 10.6. The van der Waals surface area contributed by atoms with E-state index in [0.29, 0.717) is 5.92 Å². The highest BCUT2D eigenvalue weighted by molar-refractivity contribution is 5.66. The number of aromatic nitrogens is 3. The Bertz CT molecular complexity index is 1030. The number of carbonyl (C=O) groups excluding carboxylic acids is 1. The predicted molar refractivity (Wildman–Crippen MR) is 137 cm³/mol. The Balaban J connectivity index is 1.86. The third-order valence-electron chi connectivity index (χ3n) is 7.27. The first-order valence-corrected chi connectivity index (χ1v) is 12.8. The van der Waals surface area contributed by atoms with Crippen molar-refractivity contribution in [3.63, 3.8) is 0 Å². The van der Waals surface area contributed by atoms with Gasteiger partial charge in [-0.15, -0.1) is 0 Å². The fourth-order valence-electron chi connectivity index (χ4n) is 5.56. The molecule has 0 saturated heterocycles. The molecule has 1 aliphatic rings. The zero-order valence-electron chi connectivity index (χ0n) is 21.4. The molecule has 4 rings (SSSR count). The lowest BCUT2D eigenvalue weighted by molar-refractivity contribution is -0.150.